The first kappa shape index (κ1) is 14.5. The molecule has 0 saturated carbocycles. The number of anilines is 2. The van der Waals surface area contributed by atoms with E-state index in [4.69, 9.17) is 5.11 Å². The van der Waals surface area contributed by atoms with Gasteiger partial charge in [0.15, 0.2) is 0 Å². The molecule has 100 valence electrons. The number of carbonyl (C=O) groups is 1. The van der Waals surface area contributed by atoms with E-state index >= 15 is 0 Å². The SMILES string of the molecule is CCCC(=O)Nc1cccc(NCC(O)CO)c1. The number of hydrogen-bond donors (Lipinski definition) is 4. The molecular weight excluding hydrogens is 232 g/mol. The lowest BCUT2D eigenvalue weighted by atomic mass is 10.2. The number of aliphatic hydroxyl groups is 2. The van der Waals surface area contributed by atoms with E-state index in [1.807, 2.05) is 19.1 Å². The third kappa shape index (κ3) is 5.16. The zero-order valence-corrected chi connectivity index (χ0v) is 10.5. The van der Waals surface area contributed by atoms with Gasteiger partial charge in [-0.15, -0.1) is 0 Å². The van der Waals surface area contributed by atoms with Crippen LogP contribution in [-0.2, 0) is 4.79 Å². The van der Waals surface area contributed by atoms with Crippen molar-refractivity contribution in [3.63, 3.8) is 0 Å². The van der Waals surface area contributed by atoms with Crippen LogP contribution < -0.4 is 10.6 Å². The monoisotopic (exact) mass is 252 g/mol. The lowest BCUT2D eigenvalue weighted by Gasteiger charge is -2.11. The number of hydrogen-bond acceptors (Lipinski definition) is 4. The molecule has 5 heteroatoms. The summed E-state index contributed by atoms with van der Waals surface area (Å²) in [5.74, 6) is -0.00922. The quantitative estimate of drug-likeness (QED) is 0.587. The maximum atomic E-state index is 11.4. The first-order chi connectivity index (χ1) is 8.65. The molecular formula is C13H20N2O3. The Bertz CT molecular complexity index is 382. The highest BCUT2D eigenvalue weighted by atomic mass is 16.3. The summed E-state index contributed by atoms with van der Waals surface area (Å²) < 4.78 is 0. The van der Waals surface area contributed by atoms with E-state index in [0.717, 1.165) is 17.8 Å². The Kier molecular flexibility index (Phi) is 6.18. The fraction of sp³-hybridized carbons (Fsp3) is 0.462. The van der Waals surface area contributed by atoms with E-state index in [0.29, 0.717) is 6.42 Å². The van der Waals surface area contributed by atoms with Crippen LogP contribution in [0.25, 0.3) is 0 Å². The molecule has 5 nitrogen and oxygen atoms in total. The van der Waals surface area contributed by atoms with Crippen LogP contribution in [0.3, 0.4) is 0 Å². The minimum absolute atomic E-state index is 0.00922. The minimum atomic E-state index is -0.789. The van der Waals surface area contributed by atoms with Gasteiger partial charge in [-0.2, -0.15) is 0 Å². The summed E-state index contributed by atoms with van der Waals surface area (Å²) in [6.07, 6.45) is 0.524. The van der Waals surface area contributed by atoms with Gasteiger partial charge in [0, 0.05) is 24.3 Å². The molecule has 0 aromatic heterocycles. The Morgan fingerprint density at radius 3 is 2.78 bits per heavy atom. The summed E-state index contributed by atoms with van der Waals surface area (Å²) in [7, 11) is 0. The van der Waals surface area contributed by atoms with Gasteiger partial charge in [-0.05, 0) is 24.6 Å². The van der Waals surface area contributed by atoms with Crippen LogP contribution in [0.1, 0.15) is 19.8 Å². The molecule has 0 aliphatic carbocycles. The van der Waals surface area contributed by atoms with Gasteiger partial charge in [-0.1, -0.05) is 13.0 Å². The molecule has 0 bridgehead atoms. The third-order valence-electron chi connectivity index (χ3n) is 2.38. The second kappa shape index (κ2) is 7.68. The van der Waals surface area contributed by atoms with E-state index in [9.17, 15) is 9.90 Å². The zero-order valence-electron chi connectivity index (χ0n) is 10.5. The molecule has 0 fully saturated rings. The van der Waals surface area contributed by atoms with Crippen molar-refractivity contribution in [1.82, 2.24) is 0 Å². The summed E-state index contributed by atoms with van der Waals surface area (Å²) >= 11 is 0. The molecule has 1 rings (SSSR count). The summed E-state index contributed by atoms with van der Waals surface area (Å²) in [4.78, 5) is 11.4. The normalized spacial score (nSPS) is 11.9. The Balaban J connectivity index is 2.53. The molecule has 0 spiro atoms. The van der Waals surface area contributed by atoms with Gasteiger partial charge in [-0.3, -0.25) is 4.79 Å². The zero-order chi connectivity index (χ0) is 13.4. The van der Waals surface area contributed by atoms with Crippen LogP contribution in [0.5, 0.6) is 0 Å². The third-order valence-corrected chi connectivity index (χ3v) is 2.38. The van der Waals surface area contributed by atoms with E-state index in [2.05, 4.69) is 10.6 Å². The second-order valence-electron chi connectivity index (χ2n) is 4.10. The summed E-state index contributed by atoms with van der Waals surface area (Å²) in [5, 5.41) is 23.7. The molecule has 1 atom stereocenters. The Labute approximate surface area is 107 Å². The van der Waals surface area contributed by atoms with E-state index < -0.39 is 6.10 Å². The van der Waals surface area contributed by atoms with Gasteiger partial charge >= 0.3 is 0 Å². The molecule has 4 N–H and O–H groups in total. The van der Waals surface area contributed by atoms with Crippen LogP contribution >= 0.6 is 0 Å². The number of amides is 1. The van der Waals surface area contributed by atoms with Gasteiger partial charge in [0.2, 0.25) is 5.91 Å². The van der Waals surface area contributed by atoms with Crippen molar-refractivity contribution in [3.05, 3.63) is 24.3 Å². The van der Waals surface area contributed by atoms with Crippen molar-refractivity contribution in [3.8, 4) is 0 Å². The molecule has 1 unspecified atom stereocenters. The molecule has 0 radical (unpaired) electrons. The van der Waals surface area contributed by atoms with E-state index in [1.54, 1.807) is 12.1 Å². The molecule has 0 aliphatic rings. The van der Waals surface area contributed by atoms with Crippen LogP contribution in [0, 0.1) is 0 Å². The topological polar surface area (TPSA) is 81.6 Å². The minimum Gasteiger partial charge on any atom is -0.394 e. The number of carbonyl (C=O) groups excluding carboxylic acids is 1. The highest BCUT2D eigenvalue weighted by molar-refractivity contribution is 5.91. The summed E-state index contributed by atoms with van der Waals surface area (Å²) in [6.45, 7) is 1.94. The Hall–Kier alpha value is -1.59. The molecule has 1 amide bonds. The number of benzene rings is 1. The van der Waals surface area contributed by atoms with Crippen LogP contribution in [0.15, 0.2) is 24.3 Å². The van der Waals surface area contributed by atoms with Gasteiger partial charge in [0.1, 0.15) is 0 Å². The highest BCUT2D eigenvalue weighted by Gasteiger charge is 2.03. The number of aliphatic hydroxyl groups excluding tert-OH is 2. The lowest BCUT2D eigenvalue weighted by molar-refractivity contribution is -0.116. The molecule has 1 aromatic rings. The average molecular weight is 252 g/mol. The van der Waals surface area contributed by atoms with E-state index in [-0.39, 0.29) is 19.1 Å². The van der Waals surface area contributed by atoms with Crippen molar-refractivity contribution >= 4 is 17.3 Å². The first-order valence-corrected chi connectivity index (χ1v) is 6.08. The summed E-state index contributed by atoms with van der Waals surface area (Å²) in [6, 6.07) is 7.24. The van der Waals surface area contributed by atoms with E-state index in [1.165, 1.54) is 0 Å². The first-order valence-electron chi connectivity index (χ1n) is 6.08. The van der Waals surface area contributed by atoms with Crippen molar-refractivity contribution in [2.45, 2.75) is 25.9 Å². The average Bonchev–Trinajstić information content (AvgIpc) is 2.36. The molecule has 0 aliphatic heterocycles. The largest absolute Gasteiger partial charge is 0.394 e. The fourth-order valence-electron chi connectivity index (χ4n) is 1.46. The number of rotatable bonds is 7. The Morgan fingerprint density at radius 2 is 2.11 bits per heavy atom. The summed E-state index contributed by atoms with van der Waals surface area (Å²) in [5.41, 5.74) is 1.51. The fourth-order valence-corrected chi connectivity index (χ4v) is 1.46. The standard InChI is InChI=1S/C13H20N2O3/c1-2-4-13(18)15-11-6-3-5-10(7-11)14-8-12(17)9-16/h3,5-7,12,14,16-17H,2,4,8-9H2,1H3,(H,15,18). The van der Waals surface area contributed by atoms with Crippen molar-refractivity contribution in [1.29, 1.82) is 0 Å². The van der Waals surface area contributed by atoms with Crippen molar-refractivity contribution in [2.75, 3.05) is 23.8 Å². The van der Waals surface area contributed by atoms with Crippen LogP contribution in [0.2, 0.25) is 0 Å². The number of nitrogens with one attached hydrogen (secondary N) is 2. The Morgan fingerprint density at radius 1 is 1.39 bits per heavy atom. The smallest absolute Gasteiger partial charge is 0.224 e. The molecule has 0 heterocycles. The predicted octanol–water partition coefficient (Wildman–Crippen LogP) is 1.19. The second-order valence-corrected chi connectivity index (χ2v) is 4.10. The van der Waals surface area contributed by atoms with Gasteiger partial charge in [-0.25, -0.2) is 0 Å². The van der Waals surface area contributed by atoms with Crippen molar-refractivity contribution in [2.24, 2.45) is 0 Å². The predicted molar refractivity (Wildman–Crippen MR) is 71.6 cm³/mol. The molecule has 18 heavy (non-hydrogen) atoms. The lowest BCUT2D eigenvalue weighted by Crippen LogP contribution is -2.23. The van der Waals surface area contributed by atoms with Crippen molar-refractivity contribution < 1.29 is 15.0 Å². The maximum Gasteiger partial charge on any atom is 0.224 e. The van der Waals surface area contributed by atoms with Crippen LogP contribution in [-0.4, -0.2) is 35.4 Å². The van der Waals surface area contributed by atoms with Gasteiger partial charge in [0.05, 0.1) is 12.7 Å². The van der Waals surface area contributed by atoms with Gasteiger partial charge in [0.25, 0.3) is 0 Å². The van der Waals surface area contributed by atoms with Crippen LogP contribution in [0.4, 0.5) is 11.4 Å². The van der Waals surface area contributed by atoms with Gasteiger partial charge < -0.3 is 20.8 Å². The highest BCUT2D eigenvalue weighted by Crippen LogP contribution is 2.15. The molecule has 1 aromatic carbocycles. The maximum absolute atomic E-state index is 11.4. The molecule has 0 saturated heterocycles.